The minimum Gasteiger partial charge on any atom is -0.497 e. The number of carbonyl (C=O) groups is 2. The van der Waals surface area contributed by atoms with E-state index in [4.69, 9.17) is 4.74 Å². The summed E-state index contributed by atoms with van der Waals surface area (Å²) in [6.45, 7) is 2.27. The molecule has 24 heavy (non-hydrogen) atoms. The van der Waals surface area contributed by atoms with E-state index >= 15 is 0 Å². The van der Waals surface area contributed by atoms with Gasteiger partial charge in [0, 0.05) is 6.42 Å². The maximum Gasteiger partial charge on any atom is 0.325 e. The predicted molar refractivity (Wildman–Crippen MR) is 90.7 cm³/mol. The Kier molecular flexibility index (Phi) is 4.51. The molecule has 3 rings (SSSR count). The fourth-order valence-corrected chi connectivity index (χ4v) is 2.84. The van der Waals surface area contributed by atoms with Gasteiger partial charge in [-0.15, -0.1) is 0 Å². The van der Waals surface area contributed by atoms with Crippen LogP contribution in [0.3, 0.4) is 0 Å². The highest BCUT2D eigenvalue weighted by Crippen LogP contribution is 2.18. The van der Waals surface area contributed by atoms with Gasteiger partial charge in [-0.1, -0.05) is 36.4 Å². The minimum atomic E-state index is -0.503. The Labute approximate surface area is 141 Å². The Hall–Kier alpha value is -2.82. The van der Waals surface area contributed by atoms with E-state index < -0.39 is 6.04 Å². The van der Waals surface area contributed by atoms with Crippen LogP contribution in [0.2, 0.25) is 0 Å². The zero-order valence-corrected chi connectivity index (χ0v) is 13.8. The molecular formula is C19H20N2O3. The van der Waals surface area contributed by atoms with Gasteiger partial charge in [-0.2, -0.15) is 0 Å². The predicted octanol–water partition coefficient (Wildman–Crippen LogP) is 2.67. The number of nitrogens with zero attached hydrogens (tertiary/aromatic N) is 1. The number of rotatable bonds is 5. The normalized spacial score (nSPS) is 17.1. The number of imide groups is 1. The third-order valence-electron chi connectivity index (χ3n) is 4.29. The first-order chi connectivity index (χ1) is 11.6. The van der Waals surface area contributed by atoms with Crippen molar-refractivity contribution < 1.29 is 14.3 Å². The van der Waals surface area contributed by atoms with Crippen molar-refractivity contribution in [3.8, 4) is 5.75 Å². The molecule has 1 N–H and O–H groups in total. The third-order valence-corrected chi connectivity index (χ3v) is 4.29. The Bertz CT molecular complexity index is 755. The van der Waals surface area contributed by atoms with Gasteiger partial charge in [-0.3, -0.25) is 9.69 Å². The molecule has 2 aromatic rings. The second kappa shape index (κ2) is 6.74. The molecule has 0 aliphatic carbocycles. The number of urea groups is 1. The van der Waals surface area contributed by atoms with Gasteiger partial charge in [-0.25, -0.2) is 4.79 Å². The molecule has 0 aromatic heterocycles. The minimum absolute atomic E-state index is 0.181. The first-order valence-electron chi connectivity index (χ1n) is 7.88. The summed E-state index contributed by atoms with van der Waals surface area (Å²) in [5.74, 6) is 0.562. The van der Waals surface area contributed by atoms with Crippen LogP contribution in [-0.2, 0) is 17.8 Å². The van der Waals surface area contributed by atoms with E-state index in [2.05, 4.69) is 5.32 Å². The van der Waals surface area contributed by atoms with Gasteiger partial charge in [0.1, 0.15) is 11.8 Å². The Morgan fingerprint density at radius 1 is 1.08 bits per heavy atom. The maximum atomic E-state index is 12.6. The van der Waals surface area contributed by atoms with Crippen LogP contribution in [0.25, 0.3) is 0 Å². The van der Waals surface area contributed by atoms with Gasteiger partial charge < -0.3 is 10.1 Å². The lowest BCUT2D eigenvalue weighted by Gasteiger charge is -2.14. The number of methoxy groups -OCH3 is 1. The highest BCUT2D eigenvalue weighted by Gasteiger charge is 2.37. The first-order valence-corrected chi connectivity index (χ1v) is 7.88. The second-order valence-electron chi connectivity index (χ2n) is 5.91. The summed E-state index contributed by atoms with van der Waals surface area (Å²) in [6.07, 6.45) is 0.510. The van der Waals surface area contributed by atoms with Crippen LogP contribution in [0.15, 0.2) is 48.5 Å². The van der Waals surface area contributed by atoms with E-state index in [9.17, 15) is 9.59 Å². The lowest BCUT2D eigenvalue weighted by molar-refractivity contribution is -0.127. The van der Waals surface area contributed by atoms with E-state index in [1.54, 1.807) is 7.11 Å². The molecule has 0 radical (unpaired) electrons. The molecule has 124 valence electrons. The second-order valence-corrected chi connectivity index (χ2v) is 5.91. The summed E-state index contributed by atoms with van der Waals surface area (Å²) >= 11 is 0. The van der Waals surface area contributed by atoms with Gasteiger partial charge in [-0.05, 0) is 35.7 Å². The molecule has 1 saturated heterocycles. The van der Waals surface area contributed by atoms with Crippen LogP contribution in [0.4, 0.5) is 4.79 Å². The highest BCUT2D eigenvalue weighted by atomic mass is 16.5. The maximum absolute atomic E-state index is 12.6. The largest absolute Gasteiger partial charge is 0.497 e. The summed E-state index contributed by atoms with van der Waals surface area (Å²) in [4.78, 5) is 26.0. The number of aryl methyl sites for hydroxylation is 1. The molecule has 0 spiro atoms. The van der Waals surface area contributed by atoms with Crippen molar-refractivity contribution in [2.24, 2.45) is 0 Å². The SMILES string of the molecule is COc1ccc(CN2C(=O)NC(Cc3ccccc3C)C2=O)cc1. The fraction of sp³-hybridized carbons (Fsp3) is 0.263. The molecular weight excluding hydrogens is 304 g/mol. The number of hydrogen-bond acceptors (Lipinski definition) is 3. The van der Waals surface area contributed by atoms with Crippen LogP contribution in [0.5, 0.6) is 5.75 Å². The average Bonchev–Trinajstić information content (AvgIpc) is 2.85. The lowest BCUT2D eigenvalue weighted by atomic mass is 10.0. The molecule has 3 amide bonds. The van der Waals surface area contributed by atoms with Gasteiger partial charge in [0.25, 0.3) is 5.91 Å². The van der Waals surface area contributed by atoms with E-state index in [0.29, 0.717) is 6.42 Å². The molecule has 5 nitrogen and oxygen atoms in total. The summed E-state index contributed by atoms with van der Waals surface area (Å²) in [7, 11) is 1.60. The standard InChI is InChI=1S/C19H20N2O3/c1-13-5-3-4-6-15(13)11-17-18(22)21(19(23)20-17)12-14-7-9-16(24-2)10-8-14/h3-10,17H,11-12H2,1-2H3,(H,20,23). The Morgan fingerprint density at radius 2 is 1.79 bits per heavy atom. The molecule has 1 aliphatic heterocycles. The number of carbonyl (C=O) groups excluding carboxylic acids is 2. The fourth-order valence-electron chi connectivity index (χ4n) is 2.84. The van der Waals surface area contributed by atoms with E-state index in [-0.39, 0.29) is 18.5 Å². The number of nitrogens with one attached hydrogen (secondary N) is 1. The average molecular weight is 324 g/mol. The van der Waals surface area contributed by atoms with Crippen LogP contribution in [0, 0.1) is 6.92 Å². The molecule has 1 unspecified atom stereocenters. The van der Waals surface area contributed by atoms with Gasteiger partial charge in [0.2, 0.25) is 0 Å². The van der Waals surface area contributed by atoms with Crippen molar-refractivity contribution in [2.45, 2.75) is 25.9 Å². The van der Waals surface area contributed by atoms with Crippen molar-refractivity contribution >= 4 is 11.9 Å². The zero-order chi connectivity index (χ0) is 17.1. The van der Waals surface area contributed by atoms with Gasteiger partial charge in [0.05, 0.1) is 13.7 Å². The van der Waals surface area contributed by atoms with Gasteiger partial charge in [0.15, 0.2) is 0 Å². The smallest absolute Gasteiger partial charge is 0.325 e. The van der Waals surface area contributed by atoms with Crippen LogP contribution >= 0.6 is 0 Å². The molecule has 1 fully saturated rings. The molecule has 2 aromatic carbocycles. The molecule has 1 heterocycles. The molecule has 0 saturated carbocycles. The van der Waals surface area contributed by atoms with Crippen LogP contribution in [-0.4, -0.2) is 30.0 Å². The number of hydrogen-bond donors (Lipinski definition) is 1. The van der Waals surface area contributed by atoms with Crippen molar-refractivity contribution in [1.82, 2.24) is 10.2 Å². The molecule has 0 bridgehead atoms. The number of benzene rings is 2. The Balaban J connectivity index is 1.70. The quantitative estimate of drug-likeness (QED) is 0.860. The Morgan fingerprint density at radius 3 is 2.46 bits per heavy atom. The summed E-state index contributed by atoms with van der Waals surface area (Å²) < 4.78 is 5.12. The molecule has 5 heteroatoms. The number of amides is 3. The van der Waals surface area contributed by atoms with E-state index in [1.807, 2.05) is 55.5 Å². The van der Waals surface area contributed by atoms with E-state index in [0.717, 1.165) is 22.4 Å². The van der Waals surface area contributed by atoms with E-state index in [1.165, 1.54) is 4.90 Å². The summed E-state index contributed by atoms with van der Waals surface area (Å²) in [5.41, 5.74) is 3.08. The highest BCUT2D eigenvalue weighted by molar-refractivity contribution is 6.04. The zero-order valence-electron chi connectivity index (χ0n) is 13.8. The van der Waals surface area contributed by atoms with Gasteiger partial charge >= 0.3 is 6.03 Å². The summed E-state index contributed by atoms with van der Waals surface area (Å²) in [6, 6.07) is 14.4. The van der Waals surface area contributed by atoms with Crippen molar-refractivity contribution in [2.75, 3.05) is 7.11 Å². The third kappa shape index (κ3) is 3.25. The van der Waals surface area contributed by atoms with Crippen molar-refractivity contribution in [1.29, 1.82) is 0 Å². The number of ether oxygens (including phenoxy) is 1. The summed E-state index contributed by atoms with van der Waals surface area (Å²) in [5, 5.41) is 2.78. The lowest BCUT2D eigenvalue weighted by Crippen LogP contribution is -2.32. The van der Waals surface area contributed by atoms with Crippen molar-refractivity contribution in [3.63, 3.8) is 0 Å². The molecule has 1 atom stereocenters. The van der Waals surface area contributed by atoms with Crippen LogP contribution < -0.4 is 10.1 Å². The first kappa shape index (κ1) is 16.1. The van der Waals surface area contributed by atoms with Crippen LogP contribution in [0.1, 0.15) is 16.7 Å². The topological polar surface area (TPSA) is 58.6 Å². The molecule has 1 aliphatic rings. The monoisotopic (exact) mass is 324 g/mol. The van der Waals surface area contributed by atoms with Crippen molar-refractivity contribution in [3.05, 3.63) is 65.2 Å².